The summed E-state index contributed by atoms with van der Waals surface area (Å²) in [6.07, 6.45) is 0.744. The number of nitrogens with one attached hydrogen (secondary N) is 1. The average Bonchev–Trinajstić information content (AvgIpc) is 2.26. The van der Waals surface area contributed by atoms with Gasteiger partial charge in [0.25, 0.3) is 0 Å². The third-order valence-corrected chi connectivity index (χ3v) is 2.44. The Morgan fingerprint density at radius 2 is 1.93 bits per heavy atom. The van der Waals surface area contributed by atoms with E-state index in [9.17, 15) is 4.79 Å². The van der Waals surface area contributed by atoms with Crippen LogP contribution < -0.4 is 5.32 Å². The lowest BCUT2D eigenvalue weighted by molar-refractivity contribution is -0.125. The molecule has 0 fully saturated rings. The number of likely N-dealkylation sites (N-methyl/N-ethyl adjacent to an activating group) is 2. The van der Waals surface area contributed by atoms with Crippen LogP contribution in [0.1, 0.15) is 5.56 Å². The average molecular weight is 206 g/mol. The van der Waals surface area contributed by atoms with Gasteiger partial charge in [-0.25, -0.2) is 0 Å². The van der Waals surface area contributed by atoms with Gasteiger partial charge in [-0.3, -0.25) is 9.69 Å². The van der Waals surface area contributed by atoms with Gasteiger partial charge in [-0.15, -0.1) is 0 Å². The number of amides is 1. The second-order valence-corrected chi connectivity index (χ2v) is 3.78. The van der Waals surface area contributed by atoms with Crippen LogP contribution in [0.15, 0.2) is 30.3 Å². The smallest absolute Gasteiger partial charge is 0.237 e. The Hall–Kier alpha value is -1.35. The van der Waals surface area contributed by atoms with E-state index >= 15 is 0 Å². The Morgan fingerprint density at radius 3 is 2.40 bits per heavy atom. The lowest BCUT2D eigenvalue weighted by atomic mass is 10.0. The van der Waals surface area contributed by atoms with Crippen molar-refractivity contribution in [1.29, 1.82) is 0 Å². The first kappa shape index (κ1) is 11.7. The van der Waals surface area contributed by atoms with Gasteiger partial charge in [0.1, 0.15) is 0 Å². The molecule has 1 N–H and O–H groups in total. The van der Waals surface area contributed by atoms with Crippen molar-refractivity contribution in [2.24, 2.45) is 0 Å². The van der Waals surface area contributed by atoms with E-state index in [0.717, 1.165) is 6.42 Å². The summed E-state index contributed by atoms with van der Waals surface area (Å²) in [4.78, 5) is 13.5. The topological polar surface area (TPSA) is 32.3 Å². The van der Waals surface area contributed by atoms with Crippen molar-refractivity contribution in [3.63, 3.8) is 0 Å². The fourth-order valence-corrected chi connectivity index (χ4v) is 1.51. The summed E-state index contributed by atoms with van der Waals surface area (Å²) in [5, 5.41) is 2.69. The minimum Gasteiger partial charge on any atom is -0.358 e. The minimum atomic E-state index is -0.0996. The number of rotatable bonds is 4. The van der Waals surface area contributed by atoms with E-state index in [1.807, 2.05) is 49.3 Å². The molecule has 0 spiro atoms. The van der Waals surface area contributed by atoms with Gasteiger partial charge in [0.15, 0.2) is 0 Å². The van der Waals surface area contributed by atoms with Gasteiger partial charge < -0.3 is 5.32 Å². The number of nitrogens with zero attached hydrogens (tertiary/aromatic N) is 1. The van der Waals surface area contributed by atoms with Gasteiger partial charge in [0, 0.05) is 7.05 Å². The number of carbonyl (C=O) groups is 1. The molecule has 3 nitrogen and oxygen atoms in total. The van der Waals surface area contributed by atoms with Crippen LogP contribution in [0.3, 0.4) is 0 Å². The van der Waals surface area contributed by atoms with Crippen molar-refractivity contribution < 1.29 is 4.79 Å². The summed E-state index contributed by atoms with van der Waals surface area (Å²) in [5.74, 6) is 0.0591. The molecule has 0 aliphatic carbocycles. The Labute approximate surface area is 91.1 Å². The zero-order valence-corrected chi connectivity index (χ0v) is 9.53. The zero-order chi connectivity index (χ0) is 11.3. The first-order chi connectivity index (χ1) is 7.15. The van der Waals surface area contributed by atoms with Gasteiger partial charge in [-0.2, -0.15) is 0 Å². The Morgan fingerprint density at radius 1 is 1.33 bits per heavy atom. The van der Waals surface area contributed by atoms with E-state index < -0.39 is 0 Å². The number of hydrogen-bond donors (Lipinski definition) is 1. The molecule has 3 heteroatoms. The molecule has 0 aromatic heterocycles. The summed E-state index contributed by atoms with van der Waals surface area (Å²) >= 11 is 0. The number of carbonyl (C=O) groups excluding carboxylic acids is 1. The second kappa shape index (κ2) is 5.51. The monoisotopic (exact) mass is 206 g/mol. The van der Waals surface area contributed by atoms with Crippen molar-refractivity contribution in [2.45, 2.75) is 12.5 Å². The van der Waals surface area contributed by atoms with Crippen LogP contribution in [0.2, 0.25) is 0 Å². The van der Waals surface area contributed by atoms with Gasteiger partial charge in [-0.1, -0.05) is 30.3 Å². The second-order valence-electron chi connectivity index (χ2n) is 3.78. The zero-order valence-electron chi connectivity index (χ0n) is 9.53. The van der Waals surface area contributed by atoms with Gasteiger partial charge in [0.2, 0.25) is 5.91 Å². The van der Waals surface area contributed by atoms with Crippen LogP contribution in [0.5, 0.6) is 0 Å². The maximum Gasteiger partial charge on any atom is 0.237 e. The molecule has 1 aromatic carbocycles. The molecule has 0 heterocycles. The Kier molecular flexibility index (Phi) is 4.31. The molecule has 0 aliphatic heterocycles. The molecule has 1 amide bonds. The summed E-state index contributed by atoms with van der Waals surface area (Å²) < 4.78 is 0. The molecule has 1 atom stereocenters. The summed E-state index contributed by atoms with van der Waals surface area (Å²) in [7, 11) is 5.51. The summed E-state index contributed by atoms with van der Waals surface area (Å²) in [6.45, 7) is 0. The predicted molar refractivity (Wildman–Crippen MR) is 61.7 cm³/mol. The van der Waals surface area contributed by atoms with Crippen molar-refractivity contribution in [2.75, 3.05) is 21.1 Å². The lowest BCUT2D eigenvalue weighted by Gasteiger charge is -2.22. The molecular weight excluding hydrogens is 188 g/mol. The molecule has 0 saturated carbocycles. The highest BCUT2D eigenvalue weighted by molar-refractivity contribution is 5.81. The highest BCUT2D eigenvalue weighted by Crippen LogP contribution is 2.06. The van der Waals surface area contributed by atoms with Crippen LogP contribution in [0, 0.1) is 0 Å². The lowest BCUT2D eigenvalue weighted by Crippen LogP contribution is -2.43. The van der Waals surface area contributed by atoms with E-state index in [2.05, 4.69) is 5.32 Å². The van der Waals surface area contributed by atoms with E-state index in [4.69, 9.17) is 0 Å². The SMILES string of the molecule is CNC(=O)[C@H](Cc1ccccc1)N(C)C. The molecular formula is C12H18N2O. The molecule has 0 unspecified atom stereocenters. The molecule has 0 radical (unpaired) electrons. The summed E-state index contributed by atoms with van der Waals surface area (Å²) in [6, 6.07) is 9.95. The standard InChI is InChI=1S/C12H18N2O/c1-13-12(15)11(14(2)3)9-10-7-5-4-6-8-10/h4-8,11H,9H2,1-3H3,(H,13,15)/t11-/m0/s1. The van der Waals surface area contributed by atoms with E-state index in [1.54, 1.807) is 7.05 Å². The van der Waals surface area contributed by atoms with Crippen molar-refractivity contribution in [3.05, 3.63) is 35.9 Å². The van der Waals surface area contributed by atoms with Crippen LogP contribution in [0.4, 0.5) is 0 Å². The van der Waals surface area contributed by atoms with Crippen LogP contribution in [-0.4, -0.2) is 38.0 Å². The normalized spacial score (nSPS) is 12.5. The quantitative estimate of drug-likeness (QED) is 0.794. The summed E-state index contributed by atoms with van der Waals surface area (Å²) in [5.41, 5.74) is 1.18. The van der Waals surface area contributed by atoms with Crippen LogP contribution >= 0.6 is 0 Å². The molecule has 0 bridgehead atoms. The predicted octanol–water partition coefficient (Wildman–Crippen LogP) is 0.905. The molecule has 1 aromatic rings. The maximum atomic E-state index is 11.6. The van der Waals surface area contributed by atoms with Crippen molar-refractivity contribution >= 4 is 5.91 Å². The fraction of sp³-hybridized carbons (Fsp3) is 0.417. The first-order valence-corrected chi connectivity index (χ1v) is 5.07. The highest BCUT2D eigenvalue weighted by atomic mass is 16.2. The van der Waals surface area contributed by atoms with E-state index in [-0.39, 0.29) is 11.9 Å². The van der Waals surface area contributed by atoms with E-state index in [1.165, 1.54) is 5.56 Å². The van der Waals surface area contributed by atoms with Gasteiger partial charge >= 0.3 is 0 Å². The Bertz CT molecular complexity index is 309. The van der Waals surface area contributed by atoms with Gasteiger partial charge in [0.05, 0.1) is 6.04 Å². The van der Waals surface area contributed by atoms with Crippen molar-refractivity contribution in [1.82, 2.24) is 10.2 Å². The third kappa shape index (κ3) is 3.36. The van der Waals surface area contributed by atoms with E-state index in [0.29, 0.717) is 0 Å². The largest absolute Gasteiger partial charge is 0.358 e. The van der Waals surface area contributed by atoms with Crippen LogP contribution in [-0.2, 0) is 11.2 Å². The molecule has 1 rings (SSSR count). The molecule has 82 valence electrons. The fourth-order valence-electron chi connectivity index (χ4n) is 1.51. The van der Waals surface area contributed by atoms with Crippen molar-refractivity contribution in [3.8, 4) is 0 Å². The molecule has 0 aliphatic rings. The van der Waals surface area contributed by atoms with Crippen LogP contribution in [0.25, 0.3) is 0 Å². The highest BCUT2D eigenvalue weighted by Gasteiger charge is 2.19. The number of benzene rings is 1. The third-order valence-electron chi connectivity index (χ3n) is 2.44. The van der Waals surface area contributed by atoms with Gasteiger partial charge in [-0.05, 0) is 26.1 Å². The number of hydrogen-bond acceptors (Lipinski definition) is 2. The maximum absolute atomic E-state index is 11.6. The minimum absolute atomic E-state index is 0.0591. The first-order valence-electron chi connectivity index (χ1n) is 5.07. The Balaban J connectivity index is 2.72. The molecule has 0 saturated heterocycles. The molecule has 15 heavy (non-hydrogen) atoms.